The van der Waals surface area contributed by atoms with Crippen LogP contribution in [0.25, 0.3) is 5.65 Å². The number of fused-ring (bicyclic) bond motifs is 1. The summed E-state index contributed by atoms with van der Waals surface area (Å²) < 4.78 is 7.37. The molecule has 78 valence electrons. The van der Waals surface area contributed by atoms with Crippen LogP contribution >= 0.6 is 15.9 Å². The molecule has 0 aromatic carbocycles. The molecule has 0 aliphatic rings. The van der Waals surface area contributed by atoms with E-state index in [4.69, 9.17) is 4.74 Å². The number of esters is 1. The summed E-state index contributed by atoms with van der Waals surface area (Å²) in [6.07, 6.45) is 3.37. The van der Waals surface area contributed by atoms with Crippen LogP contribution in [0.15, 0.2) is 29.0 Å². The van der Waals surface area contributed by atoms with E-state index < -0.39 is 0 Å². The van der Waals surface area contributed by atoms with Gasteiger partial charge in [-0.15, -0.1) is 0 Å². The van der Waals surface area contributed by atoms with Gasteiger partial charge in [-0.25, -0.2) is 9.78 Å². The van der Waals surface area contributed by atoms with Crippen LogP contribution in [-0.4, -0.2) is 22.0 Å². The minimum absolute atomic E-state index is 0.354. The van der Waals surface area contributed by atoms with Gasteiger partial charge in [-0.1, -0.05) is 0 Å². The molecule has 0 amide bonds. The van der Waals surface area contributed by atoms with Crippen LogP contribution < -0.4 is 0 Å². The van der Waals surface area contributed by atoms with Crippen molar-refractivity contribution in [3.63, 3.8) is 0 Å². The molecule has 2 aromatic rings. The number of pyridine rings is 1. The molecule has 2 rings (SSSR count). The Hall–Kier alpha value is -1.36. The van der Waals surface area contributed by atoms with Crippen molar-refractivity contribution >= 4 is 27.5 Å². The van der Waals surface area contributed by atoms with E-state index in [0.717, 1.165) is 5.65 Å². The number of nitrogens with zero attached hydrogens (tertiary/aromatic N) is 2. The number of halogens is 1. The summed E-state index contributed by atoms with van der Waals surface area (Å²) >= 11 is 3.32. The molecule has 0 atom stereocenters. The average Bonchev–Trinajstić information content (AvgIpc) is 2.65. The molecule has 2 heterocycles. The van der Waals surface area contributed by atoms with Gasteiger partial charge < -0.3 is 4.74 Å². The highest BCUT2D eigenvalue weighted by Gasteiger charge is 2.15. The Morgan fingerprint density at radius 1 is 1.60 bits per heavy atom. The summed E-state index contributed by atoms with van der Waals surface area (Å²) in [5.41, 5.74) is 1.19. The third-order valence-corrected chi connectivity index (χ3v) is 2.62. The van der Waals surface area contributed by atoms with E-state index in [0.29, 0.717) is 16.8 Å². The monoisotopic (exact) mass is 268 g/mol. The van der Waals surface area contributed by atoms with Crippen molar-refractivity contribution in [3.05, 3.63) is 34.7 Å². The van der Waals surface area contributed by atoms with E-state index in [1.807, 2.05) is 6.07 Å². The van der Waals surface area contributed by atoms with E-state index >= 15 is 0 Å². The van der Waals surface area contributed by atoms with Crippen molar-refractivity contribution in [2.45, 2.75) is 6.92 Å². The van der Waals surface area contributed by atoms with E-state index in [9.17, 15) is 4.79 Å². The zero-order valence-corrected chi connectivity index (χ0v) is 9.69. The molecule has 0 saturated carbocycles. The van der Waals surface area contributed by atoms with Gasteiger partial charge in [0.2, 0.25) is 0 Å². The summed E-state index contributed by atoms with van der Waals surface area (Å²) in [5.74, 6) is -0.354. The van der Waals surface area contributed by atoms with E-state index in [1.165, 1.54) is 0 Å². The quantitative estimate of drug-likeness (QED) is 0.785. The van der Waals surface area contributed by atoms with Crippen LogP contribution in [0.2, 0.25) is 0 Å². The van der Waals surface area contributed by atoms with Crippen LogP contribution in [0.3, 0.4) is 0 Å². The first-order chi connectivity index (χ1) is 7.24. The maximum Gasteiger partial charge on any atom is 0.356 e. The van der Waals surface area contributed by atoms with E-state index in [1.54, 1.807) is 29.8 Å². The summed E-state index contributed by atoms with van der Waals surface area (Å²) in [7, 11) is 0. The predicted molar refractivity (Wildman–Crippen MR) is 58.8 cm³/mol. The number of hydrogen-bond donors (Lipinski definition) is 0. The highest BCUT2D eigenvalue weighted by Crippen LogP contribution is 2.19. The first kappa shape index (κ1) is 10.2. The van der Waals surface area contributed by atoms with Gasteiger partial charge in [-0.3, -0.25) is 4.40 Å². The second-order valence-electron chi connectivity index (χ2n) is 2.91. The lowest BCUT2D eigenvalue weighted by atomic mass is 10.3. The number of imidazole rings is 1. The van der Waals surface area contributed by atoms with Gasteiger partial charge in [0.15, 0.2) is 0 Å². The number of carbonyl (C=O) groups is 1. The standard InChI is InChI=1S/C10H9BrN2O2/c1-2-15-10(14)9-7(11)3-4-8-12-5-6-13(8)9/h3-6H,2H2,1H3. The molecule has 0 spiro atoms. The second kappa shape index (κ2) is 4.02. The van der Waals surface area contributed by atoms with Crippen LogP contribution in [0.4, 0.5) is 0 Å². The SMILES string of the molecule is CCOC(=O)c1c(Br)ccc2nccn12. The molecule has 4 nitrogen and oxygen atoms in total. The minimum Gasteiger partial charge on any atom is -0.461 e. The van der Waals surface area contributed by atoms with Crippen LogP contribution in [0, 0.1) is 0 Å². The van der Waals surface area contributed by atoms with E-state index in [2.05, 4.69) is 20.9 Å². The van der Waals surface area contributed by atoms with Gasteiger partial charge in [-0.05, 0) is 35.0 Å². The van der Waals surface area contributed by atoms with Crippen molar-refractivity contribution in [3.8, 4) is 0 Å². The maximum atomic E-state index is 11.7. The number of ether oxygens (including phenoxy) is 1. The highest BCUT2D eigenvalue weighted by molar-refractivity contribution is 9.10. The predicted octanol–water partition coefficient (Wildman–Crippen LogP) is 2.27. The summed E-state index contributed by atoms with van der Waals surface area (Å²) in [5, 5.41) is 0. The summed E-state index contributed by atoms with van der Waals surface area (Å²) in [4.78, 5) is 15.8. The molecule has 0 aliphatic carbocycles. The fourth-order valence-corrected chi connectivity index (χ4v) is 1.85. The lowest BCUT2D eigenvalue weighted by Gasteiger charge is -2.06. The number of rotatable bonds is 2. The molecular formula is C10H9BrN2O2. The van der Waals surface area contributed by atoms with Gasteiger partial charge in [-0.2, -0.15) is 0 Å². The second-order valence-corrected chi connectivity index (χ2v) is 3.76. The smallest absolute Gasteiger partial charge is 0.356 e. The lowest BCUT2D eigenvalue weighted by Crippen LogP contribution is -2.10. The number of carbonyl (C=O) groups excluding carboxylic acids is 1. The third kappa shape index (κ3) is 1.74. The van der Waals surface area contributed by atoms with Crippen molar-refractivity contribution in [1.29, 1.82) is 0 Å². The maximum absolute atomic E-state index is 11.7. The lowest BCUT2D eigenvalue weighted by molar-refractivity contribution is 0.0516. The molecule has 0 N–H and O–H groups in total. The Morgan fingerprint density at radius 3 is 3.13 bits per heavy atom. The zero-order chi connectivity index (χ0) is 10.8. The molecular weight excluding hydrogens is 260 g/mol. The van der Waals surface area contributed by atoms with Gasteiger partial charge >= 0.3 is 5.97 Å². The van der Waals surface area contributed by atoms with Crippen LogP contribution in [0.5, 0.6) is 0 Å². The van der Waals surface area contributed by atoms with Crippen LogP contribution in [-0.2, 0) is 4.74 Å². The Labute approximate surface area is 95.0 Å². The highest BCUT2D eigenvalue weighted by atomic mass is 79.9. The first-order valence-corrected chi connectivity index (χ1v) is 5.32. The Balaban J connectivity index is 2.61. The zero-order valence-electron chi connectivity index (χ0n) is 8.11. The molecule has 5 heteroatoms. The van der Waals surface area contributed by atoms with Crippen molar-refractivity contribution in [1.82, 2.24) is 9.38 Å². The van der Waals surface area contributed by atoms with Crippen LogP contribution in [0.1, 0.15) is 17.4 Å². The molecule has 0 unspecified atom stereocenters. The van der Waals surface area contributed by atoms with Crippen molar-refractivity contribution in [2.24, 2.45) is 0 Å². The molecule has 0 aliphatic heterocycles. The average molecular weight is 269 g/mol. The van der Waals surface area contributed by atoms with Crippen molar-refractivity contribution < 1.29 is 9.53 Å². The fraction of sp³-hybridized carbons (Fsp3) is 0.200. The summed E-state index contributed by atoms with van der Waals surface area (Å²) in [6, 6.07) is 3.61. The van der Waals surface area contributed by atoms with Gasteiger partial charge in [0.1, 0.15) is 11.3 Å². The molecule has 15 heavy (non-hydrogen) atoms. The molecule has 0 saturated heterocycles. The number of aromatic nitrogens is 2. The molecule has 0 fully saturated rings. The largest absolute Gasteiger partial charge is 0.461 e. The number of hydrogen-bond acceptors (Lipinski definition) is 3. The van der Waals surface area contributed by atoms with Gasteiger partial charge in [0.25, 0.3) is 0 Å². The van der Waals surface area contributed by atoms with E-state index in [-0.39, 0.29) is 5.97 Å². The molecule has 2 aromatic heterocycles. The molecule has 0 bridgehead atoms. The van der Waals surface area contributed by atoms with Gasteiger partial charge in [0, 0.05) is 16.9 Å². The molecule has 0 radical (unpaired) electrons. The van der Waals surface area contributed by atoms with Gasteiger partial charge in [0.05, 0.1) is 6.61 Å². The third-order valence-electron chi connectivity index (χ3n) is 1.98. The summed E-state index contributed by atoms with van der Waals surface area (Å²) in [6.45, 7) is 2.14. The van der Waals surface area contributed by atoms with Crippen molar-refractivity contribution in [2.75, 3.05) is 6.61 Å². The Kier molecular flexibility index (Phi) is 2.73. The first-order valence-electron chi connectivity index (χ1n) is 4.52. The fourth-order valence-electron chi connectivity index (χ4n) is 1.36. The topological polar surface area (TPSA) is 43.6 Å². The minimum atomic E-state index is -0.354. The Bertz CT molecular complexity index is 507. The normalized spacial score (nSPS) is 10.5. The Morgan fingerprint density at radius 2 is 2.40 bits per heavy atom.